The highest BCUT2D eigenvalue weighted by Crippen LogP contribution is 2.23. The van der Waals surface area contributed by atoms with Crippen LogP contribution in [-0.4, -0.2) is 26.4 Å². The number of aromatic nitrogens is 3. The summed E-state index contributed by atoms with van der Waals surface area (Å²) in [5.74, 6) is -0.223. The lowest BCUT2D eigenvalue weighted by molar-refractivity contribution is 0.0920. The van der Waals surface area contributed by atoms with Crippen LogP contribution in [0.5, 0.6) is 0 Å². The van der Waals surface area contributed by atoms with E-state index in [0.29, 0.717) is 21.6 Å². The molecule has 3 rings (SSSR count). The van der Waals surface area contributed by atoms with Gasteiger partial charge in [-0.25, -0.2) is 0 Å². The fourth-order valence-electron chi connectivity index (χ4n) is 2.20. The van der Waals surface area contributed by atoms with Crippen molar-refractivity contribution < 1.29 is 4.79 Å². The molecule has 0 aliphatic carbocycles. The van der Waals surface area contributed by atoms with Crippen LogP contribution in [0.2, 0.25) is 5.02 Å². The molecule has 1 N–H and O–H groups in total. The Morgan fingerprint density at radius 2 is 1.70 bits per heavy atom. The van der Waals surface area contributed by atoms with Crippen LogP contribution in [0.1, 0.15) is 31.1 Å². The number of amides is 1. The molecule has 0 aliphatic heterocycles. The van der Waals surface area contributed by atoms with Crippen LogP contribution in [0.25, 0.3) is 16.7 Å². The van der Waals surface area contributed by atoms with E-state index in [0.717, 1.165) is 5.69 Å². The van der Waals surface area contributed by atoms with E-state index in [4.69, 9.17) is 11.6 Å². The first-order valence-corrected chi connectivity index (χ1v) is 7.66. The zero-order valence-corrected chi connectivity index (χ0v) is 13.9. The van der Waals surface area contributed by atoms with Crippen molar-refractivity contribution in [3.8, 4) is 5.69 Å². The fourth-order valence-corrected chi connectivity index (χ4v) is 2.44. The molecule has 0 radical (unpaired) electrons. The maximum Gasteiger partial charge on any atom is 0.253 e. The predicted octanol–water partition coefficient (Wildman–Crippen LogP) is 3.60. The molecule has 0 saturated carbocycles. The lowest BCUT2D eigenvalue weighted by Gasteiger charge is -2.20. The maximum absolute atomic E-state index is 12.4. The van der Waals surface area contributed by atoms with Crippen molar-refractivity contribution in [3.63, 3.8) is 0 Å². The SMILES string of the molecule is CC(C)(C)NC(=O)c1cc2nn(-c3ccccc3)nc2cc1Cl. The van der Waals surface area contributed by atoms with Gasteiger partial charge in [-0.2, -0.15) is 4.80 Å². The van der Waals surface area contributed by atoms with Crippen LogP contribution in [0.3, 0.4) is 0 Å². The Hall–Kier alpha value is -2.40. The van der Waals surface area contributed by atoms with Crippen molar-refractivity contribution in [1.82, 2.24) is 20.3 Å². The zero-order valence-electron chi connectivity index (χ0n) is 13.2. The molecule has 0 saturated heterocycles. The topological polar surface area (TPSA) is 59.8 Å². The van der Waals surface area contributed by atoms with Crippen LogP contribution in [-0.2, 0) is 0 Å². The van der Waals surface area contributed by atoms with Crippen molar-refractivity contribution in [1.29, 1.82) is 0 Å². The molecule has 2 aromatic carbocycles. The summed E-state index contributed by atoms with van der Waals surface area (Å²) in [6.07, 6.45) is 0. The quantitative estimate of drug-likeness (QED) is 0.782. The van der Waals surface area contributed by atoms with Gasteiger partial charge < -0.3 is 5.32 Å². The minimum atomic E-state index is -0.336. The van der Waals surface area contributed by atoms with Gasteiger partial charge in [0, 0.05) is 5.54 Å². The number of fused-ring (bicyclic) bond motifs is 1. The molecule has 1 heterocycles. The minimum absolute atomic E-state index is 0.223. The normalized spacial score (nSPS) is 11.7. The molecule has 118 valence electrons. The van der Waals surface area contributed by atoms with Crippen LogP contribution >= 0.6 is 11.6 Å². The molecule has 0 spiro atoms. The number of hydrogen-bond donors (Lipinski definition) is 1. The molecule has 0 aliphatic rings. The van der Waals surface area contributed by atoms with E-state index >= 15 is 0 Å². The van der Waals surface area contributed by atoms with Gasteiger partial charge in [0.2, 0.25) is 0 Å². The minimum Gasteiger partial charge on any atom is -0.347 e. The van der Waals surface area contributed by atoms with Crippen molar-refractivity contribution in [3.05, 3.63) is 53.1 Å². The number of carbonyl (C=O) groups is 1. The Bertz CT molecular complexity index is 865. The maximum atomic E-state index is 12.4. The van der Waals surface area contributed by atoms with E-state index < -0.39 is 0 Å². The van der Waals surface area contributed by atoms with Crippen LogP contribution in [0.15, 0.2) is 42.5 Å². The fraction of sp³-hybridized carbons (Fsp3) is 0.235. The number of hydrogen-bond acceptors (Lipinski definition) is 3. The summed E-state index contributed by atoms with van der Waals surface area (Å²) in [6, 6.07) is 12.9. The third-order valence-electron chi connectivity index (χ3n) is 3.19. The molecule has 23 heavy (non-hydrogen) atoms. The highest BCUT2D eigenvalue weighted by atomic mass is 35.5. The Morgan fingerprint density at radius 1 is 1.09 bits per heavy atom. The van der Waals surface area contributed by atoms with E-state index in [2.05, 4.69) is 15.5 Å². The average molecular weight is 329 g/mol. The summed E-state index contributed by atoms with van der Waals surface area (Å²) in [7, 11) is 0. The molecule has 0 fully saturated rings. The second-order valence-corrected chi connectivity index (χ2v) is 6.76. The molecular weight excluding hydrogens is 312 g/mol. The first kappa shape index (κ1) is 15.5. The van der Waals surface area contributed by atoms with Crippen LogP contribution in [0.4, 0.5) is 0 Å². The molecular formula is C17H17ClN4O. The second-order valence-electron chi connectivity index (χ2n) is 6.35. The average Bonchev–Trinajstić information content (AvgIpc) is 2.88. The highest BCUT2D eigenvalue weighted by molar-refractivity contribution is 6.34. The third kappa shape index (κ3) is 3.35. The van der Waals surface area contributed by atoms with Gasteiger partial charge in [-0.1, -0.05) is 29.8 Å². The standard InChI is InChI=1S/C17H17ClN4O/c1-17(2,3)19-16(23)12-9-14-15(10-13(12)18)21-22(20-14)11-7-5-4-6-8-11/h4-10H,1-3H3,(H,19,23). The third-order valence-corrected chi connectivity index (χ3v) is 3.50. The highest BCUT2D eigenvalue weighted by Gasteiger charge is 2.19. The van der Waals surface area contributed by atoms with Gasteiger partial charge in [-0.3, -0.25) is 4.79 Å². The summed E-state index contributed by atoms with van der Waals surface area (Å²) in [4.78, 5) is 13.9. The van der Waals surface area contributed by atoms with Crippen LogP contribution in [0, 0.1) is 0 Å². The number of para-hydroxylation sites is 1. The van der Waals surface area contributed by atoms with Crippen molar-refractivity contribution in [2.45, 2.75) is 26.3 Å². The van der Waals surface area contributed by atoms with E-state index in [1.807, 2.05) is 51.1 Å². The summed E-state index contributed by atoms with van der Waals surface area (Å²) < 4.78 is 0. The van der Waals surface area contributed by atoms with Crippen LogP contribution < -0.4 is 5.32 Å². The van der Waals surface area contributed by atoms with Crippen molar-refractivity contribution in [2.24, 2.45) is 0 Å². The van der Waals surface area contributed by atoms with E-state index in [1.54, 1.807) is 12.1 Å². The number of nitrogens with one attached hydrogen (secondary N) is 1. The van der Waals surface area contributed by atoms with Gasteiger partial charge in [0.15, 0.2) is 0 Å². The molecule has 1 amide bonds. The molecule has 3 aromatic rings. The first-order valence-electron chi connectivity index (χ1n) is 7.28. The Labute approximate surface area is 139 Å². The smallest absolute Gasteiger partial charge is 0.253 e. The van der Waals surface area contributed by atoms with E-state index in [1.165, 1.54) is 4.80 Å². The zero-order chi connectivity index (χ0) is 16.6. The van der Waals surface area contributed by atoms with Gasteiger partial charge in [0.05, 0.1) is 16.3 Å². The van der Waals surface area contributed by atoms with Crippen molar-refractivity contribution >= 4 is 28.5 Å². The first-order chi connectivity index (χ1) is 10.8. The Balaban J connectivity index is 2.03. The van der Waals surface area contributed by atoms with Crippen molar-refractivity contribution in [2.75, 3.05) is 0 Å². The number of nitrogens with zero attached hydrogens (tertiary/aromatic N) is 3. The number of benzene rings is 2. The number of carbonyl (C=O) groups excluding carboxylic acids is 1. The molecule has 5 nitrogen and oxygen atoms in total. The Morgan fingerprint density at radius 3 is 2.30 bits per heavy atom. The molecule has 1 aromatic heterocycles. The molecule has 6 heteroatoms. The van der Waals surface area contributed by atoms with Gasteiger partial charge >= 0.3 is 0 Å². The predicted molar refractivity (Wildman–Crippen MR) is 91.1 cm³/mol. The van der Waals surface area contributed by atoms with Gasteiger partial charge in [0.1, 0.15) is 11.0 Å². The lowest BCUT2D eigenvalue weighted by atomic mass is 10.1. The van der Waals surface area contributed by atoms with E-state index in [9.17, 15) is 4.79 Å². The number of rotatable bonds is 2. The summed E-state index contributed by atoms with van der Waals surface area (Å²) in [6.45, 7) is 5.76. The summed E-state index contributed by atoms with van der Waals surface area (Å²) in [5.41, 5.74) is 2.18. The summed E-state index contributed by atoms with van der Waals surface area (Å²) in [5, 5.41) is 12.1. The monoisotopic (exact) mass is 328 g/mol. The van der Waals surface area contributed by atoms with Gasteiger partial charge in [0.25, 0.3) is 5.91 Å². The largest absolute Gasteiger partial charge is 0.347 e. The molecule has 0 bridgehead atoms. The van der Waals surface area contributed by atoms with E-state index in [-0.39, 0.29) is 11.4 Å². The van der Waals surface area contributed by atoms with Gasteiger partial charge in [-0.15, -0.1) is 10.2 Å². The molecule has 0 unspecified atom stereocenters. The number of halogens is 1. The lowest BCUT2D eigenvalue weighted by Crippen LogP contribution is -2.40. The summed E-state index contributed by atoms with van der Waals surface area (Å²) >= 11 is 6.24. The second kappa shape index (κ2) is 5.66. The molecule has 0 atom stereocenters. The Kier molecular flexibility index (Phi) is 3.82. The van der Waals surface area contributed by atoms with Gasteiger partial charge in [-0.05, 0) is 45.0 Å².